The molecule has 0 atom stereocenters. The predicted octanol–water partition coefficient (Wildman–Crippen LogP) is 1.85. The number of carbonyl (C=O) groups is 1. The van der Waals surface area contributed by atoms with Gasteiger partial charge < -0.3 is 10.2 Å². The minimum absolute atomic E-state index is 0.122. The Labute approximate surface area is 151 Å². The Morgan fingerprint density at radius 3 is 2.36 bits per heavy atom. The van der Waals surface area contributed by atoms with E-state index >= 15 is 0 Å². The number of rotatable bonds is 6. The topological polar surface area (TPSA) is 69.7 Å². The van der Waals surface area contributed by atoms with E-state index < -0.39 is 10.0 Å². The van der Waals surface area contributed by atoms with Gasteiger partial charge in [0.1, 0.15) is 0 Å². The van der Waals surface area contributed by atoms with Crippen molar-refractivity contribution in [3.8, 4) is 0 Å². The first kappa shape index (κ1) is 19.9. The number of nitrogens with zero attached hydrogens (tertiary/aromatic N) is 2. The normalized spacial score (nSPS) is 16.2. The Morgan fingerprint density at radius 1 is 1.20 bits per heavy atom. The van der Waals surface area contributed by atoms with Gasteiger partial charge in [-0.1, -0.05) is 19.9 Å². The van der Waals surface area contributed by atoms with Gasteiger partial charge in [-0.05, 0) is 50.6 Å². The molecule has 0 aliphatic carbocycles. The molecule has 1 aromatic rings. The van der Waals surface area contributed by atoms with E-state index in [0.717, 1.165) is 25.9 Å². The molecular formula is C18H29N3O3S. The van der Waals surface area contributed by atoms with Crippen molar-refractivity contribution in [1.82, 2.24) is 14.5 Å². The van der Waals surface area contributed by atoms with Crippen LogP contribution in [0.4, 0.5) is 0 Å². The molecule has 0 bridgehead atoms. The molecule has 1 amide bonds. The minimum atomic E-state index is -3.59. The van der Waals surface area contributed by atoms with Crippen LogP contribution in [-0.4, -0.2) is 62.8 Å². The Bertz CT molecular complexity index is 708. The number of hydrogen-bond donors (Lipinski definition) is 1. The average molecular weight is 368 g/mol. The maximum absolute atomic E-state index is 12.9. The summed E-state index contributed by atoms with van der Waals surface area (Å²) in [5, 5.41) is 3.29. The van der Waals surface area contributed by atoms with Gasteiger partial charge in [-0.25, -0.2) is 8.42 Å². The lowest BCUT2D eigenvalue weighted by Gasteiger charge is -2.32. The van der Waals surface area contributed by atoms with Crippen molar-refractivity contribution < 1.29 is 13.2 Å². The van der Waals surface area contributed by atoms with Crippen molar-refractivity contribution in [1.29, 1.82) is 0 Å². The average Bonchev–Trinajstić information content (AvgIpc) is 2.62. The number of amides is 1. The maximum atomic E-state index is 12.9. The second kappa shape index (κ2) is 8.29. The van der Waals surface area contributed by atoms with Gasteiger partial charge in [-0.3, -0.25) is 4.79 Å². The summed E-state index contributed by atoms with van der Waals surface area (Å²) in [6.07, 6.45) is 1.83. The highest BCUT2D eigenvalue weighted by Crippen LogP contribution is 2.23. The SMILES string of the molecule is CCN(CC)S(=O)(=O)c1cc(C(=O)N(C)C2CCNCC2)ccc1C. The predicted molar refractivity (Wildman–Crippen MR) is 99.3 cm³/mol. The summed E-state index contributed by atoms with van der Waals surface area (Å²) < 4.78 is 27.1. The third-order valence-electron chi connectivity index (χ3n) is 4.94. The summed E-state index contributed by atoms with van der Waals surface area (Å²) in [6, 6.07) is 5.16. The number of aryl methyl sites for hydroxylation is 1. The minimum Gasteiger partial charge on any atom is -0.339 e. The van der Waals surface area contributed by atoms with Crippen molar-refractivity contribution in [3.63, 3.8) is 0 Å². The van der Waals surface area contributed by atoms with Crippen molar-refractivity contribution >= 4 is 15.9 Å². The molecule has 2 rings (SSSR count). The van der Waals surface area contributed by atoms with Crippen molar-refractivity contribution in [2.45, 2.75) is 44.6 Å². The highest BCUT2D eigenvalue weighted by atomic mass is 32.2. The summed E-state index contributed by atoms with van der Waals surface area (Å²) in [4.78, 5) is 14.8. The summed E-state index contributed by atoms with van der Waals surface area (Å²) in [7, 11) is -1.78. The molecule has 0 aromatic heterocycles. The number of benzene rings is 1. The summed E-state index contributed by atoms with van der Waals surface area (Å²) in [6.45, 7) is 8.01. The smallest absolute Gasteiger partial charge is 0.253 e. The number of carbonyl (C=O) groups excluding carboxylic acids is 1. The van der Waals surface area contributed by atoms with Gasteiger partial charge in [0.2, 0.25) is 10.0 Å². The van der Waals surface area contributed by atoms with E-state index in [1.54, 1.807) is 31.0 Å². The highest BCUT2D eigenvalue weighted by molar-refractivity contribution is 7.89. The third kappa shape index (κ3) is 4.22. The van der Waals surface area contributed by atoms with Crippen molar-refractivity contribution in [3.05, 3.63) is 29.3 Å². The molecular weight excluding hydrogens is 338 g/mol. The van der Waals surface area contributed by atoms with Crippen LogP contribution in [0, 0.1) is 6.92 Å². The molecule has 1 N–H and O–H groups in total. The molecule has 0 spiro atoms. The van der Waals surface area contributed by atoms with Crippen LogP contribution in [0.2, 0.25) is 0 Å². The van der Waals surface area contributed by atoms with Gasteiger partial charge in [0.25, 0.3) is 5.91 Å². The van der Waals surface area contributed by atoms with E-state index in [2.05, 4.69) is 5.32 Å². The molecule has 1 aliphatic heterocycles. The van der Waals surface area contributed by atoms with Gasteiger partial charge in [0, 0.05) is 31.7 Å². The van der Waals surface area contributed by atoms with Gasteiger partial charge in [0.15, 0.2) is 0 Å². The van der Waals surface area contributed by atoms with Gasteiger partial charge in [0.05, 0.1) is 4.90 Å². The third-order valence-corrected chi connectivity index (χ3v) is 7.13. The molecule has 25 heavy (non-hydrogen) atoms. The second-order valence-electron chi connectivity index (χ2n) is 6.47. The fraction of sp³-hybridized carbons (Fsp3) is 0.611. The van der Waals surface area contributed by atoms with E-state index in [9.17, 15) is 13.2 Å². The van der Waals surface area contributed by atoms with Crippen LogP contribution in [0.5, 0.6) is 0 Å². The van der Waals surface area contributed by atoms with E-state index in [1.165, 1.54) is 10.4 Å². The Balaban J connectivity index is 2.33. The molecule has 1 aromatic carbocycles. The largest absolute Gasteiger partial charge is 0.339 e. The zero-order valence-corrected chi connectivity index (χ0v) is 16.4. The van der Waals surface area contributed by atoms with Crippen molar-refractivity contribution in [2.75, 3.05) is 33.2 Å². The standard InChI is InChI=1S/C18H29N3O3S/c1-5-21(6-2)25(23,24)17-13-15(8-7-14(17)3)18(22)20(4)16-9-11-19-12-10-16/h7-8,13,16,19H,5-6,9-12H2,1-4H3. The van der Waals surface area contributed by atoms with Crippen LogP contribution in [-0.2, 0) is 10.0 Å². The molecule has 0 unspecified atom stereocenters. The molecule has 1 heterocycles. The summed E-state index contributed by atoms with van der Waals surface area (Å²) in [5.41, 5.74) is 1.09. The molecule has 0 radical (unpaired) electrons. The van der Waals surface area contributed by atoms with Crippen LogP contribution in [0.1, 0.15) is 42.6 Å². The lowest BCUT2D eigenvalue weighted by Crippen LogP contribution is -2.44. The Kier molecular flexibility index (Phi) is 6.59. The Hall–Kier alpha value is -1.44. The lowest BCUT2D eigenvalue weighted by atomic mass is 10.0. The fourth-order valence-electron chi connectivity index (χ4n) is 3.28. The first-order chi connectivity index (χ1) is 11.8. The molecule has 1 aliphatic rings. The zero-order valence-electron chi connectivity index (χ0n) is 15.6. The monoisotopic (exact) mass is 367 g/mol. The molecule has 6 nitrogen and oxygen atoms in total. The van der Waals surface area contributed by atoms with Crippen LogP contribution in [0.3, 0.4) is 0 Å². The van der Waals surface area contributed by atoms with Crippen LogP contribution in [0.15, 0.2) is 23.1 Å². The zero-order chi connectivity index (χ0) is 18.6. The summed E-state index contributed by atoms with van der Waals surface area (Å²) >= 11 is 0. The van der Waals surface area contributed by atoms with Crippen LogP contribution in [0.25, 0.3) is 0 Å². The Morgan fingerprint density at radius 2 is 1.80 bits per heavy atom. The maximum Gasteiger partial charge on any atom is 0.253 e. The van der Waals surface area contributed by atoms with E-state index in [-0.39, 0.29) is 16.8 Å². The van der Waals surface area contributed by atoms with Gasteiger partial charge >= 0.3 is 0 Å². The first-order valence-electron chi connectivity index (χ1n) is 8.91. The molecule has 1 fully saturated rings. The number of nitrogens with one attached hydrogen (secondary N) is 1. The molecule has 7 heteroatoms. The molecule has 140 valence electrons. The summed E-state index contributed by atoms with van der Waals surface area (Å²) in [5.74, 6) is -0.122. The van der Waals surface area contributed by atoms with Crippen LogP contribution < -0.4 is 5.32 Å². The molecule has 1 saturated heterocycles. The van der Waals surface area contributed by atoms with E-state index in [1.807, 2.05) is 13.8 Å². The number of sulfonamides is 1. The van der Waals surface area contributed by atoms with E-state index in [4.69, 9.17) is 0 Å². The second-order valence-corrected chi connectivity index (χ2v) is 8.37. The van der Waals surface area contributed by atoms with Crippen LogP contribution >= 0.6 is 0 Å². The van der Waals surface area contributed by atoms with Gasteiger partial charge in [-0.2, -0.15) is 4.31 Å². The van der Waals surface area contributed by atoms with E-state index in [0.29, 0.717) is 24.2 Å². The number of hydrogen-bond acceptors (Lipinski definition) is 4. The van der Waals surface area contributed by atoms with Crippen molar-refractivity contribution in [2.24, 2.45) is 0 Å². The lowest BCUT2D eigenvalue weighted by molar-refractivity contribution is 0.0703. The quantitative estimate of drug-likeness (QED) is 0.833. The highest BCUT2D eigenvalue weighted by Gasteiger charge is 2.27. The molecule has 0 saturated carbocycles. The number of piperidine rings is 1. The fourth-order valence-corrected chi connectivity index (χ4v) is 4.99. The van der Waals surface area contributed by atoms with Gasteiger partial charge in [-0.15, -0.1) is 0 Å². The first-order valence-corrected chi connectivity index (χ1v) is 10.4.